The van der Waals surface area contributed by atoms with Crippen molar-refractivity contribution in [3.8, 4) is 5.75 Å². The fourth-order valence-electron chi connectivity index (χ4n) is 2.21. The molecule has 1 fully saturated rings. The largest absolute Gasteiger partial charge is 0.492 e. The van der Waals surface area contributed by atoms with Crippen LogP contribution in [0.1, 0.15) is 17.5 Å². The van der Waals surface area contributed by atoms with Crippen molar-refractivity contribution >= 4 is 0 Å². The molecule has 94 valence electrons. The molecule has 1 aliphatic heterocycles. The molecule has 1 aromatic rings. The van der Waals surface area contributed by atoms with E-state index in [1.54, 1.807) is 0 Å². The van der Waals surface area contributed by atoms with Gasteiger partial charge in [-0.05, 0) is 44.0 Å². The molecule has 2 rings (SSSR count). The molecule has 0 amide bonds. The van der Waals surface area contributed by atoms with Gasteiger partial charge in [0.15, 0.2) is 0 Å². The maximum absolute atomic E-state index is 5.87. The van der Waals surface area contributed by atoms with Gasteiger partial charge in [0.2, 0.25) is 0 Å². The maximum atomic E-state index is 5.87. The Bertz CT molecular complexity index is 378. The van der Waals surface area contributed by atoms with Gasteiger partial charge in [-0.2, -0.15) is 0 Å². The molecular formula is C14H22N2O. The first kappa shape index (κ1) is 12.4. The molecule has 1 saturated heterocycles. The Kier molecular flexibility index (Phi) is 4.02. The van der Waals surface area contributed by atoms with Crippen molar-refractivity contribution in [3.63, 3.8) is 0 Å². The maximum Gasteiger partial charge on any atom is 0.122 e. The Morgan fingerprint density at radius 2 is 2.24 bits per heavy atom. The Balaban J connectivity index is 1.80. The molecule has 2 N–H and O–H groups in total. The molecule has 1 aromatic carbocycles. The third-order valence-corrected chi connectivity index (χ3v) is 3.32. The van der Waals surface area contributed by atoms with Crippen LogP contribution in [0.3, 0.4) is 0 Å². The molecule has 17 heavy (non-hydrogen) atoms. The number of ether oxygens (including phenoxy) is 1. The molecule has 0 aromatic heterocycles. The van der Waals surface area contributed by atoms with Crippen LogP contribution in [-0.2, 0) is 0 Å². The highest BCUT2D eigenvalue weighted by Crippen LogP contribution is 2.19. The molecule has 0 radical (unpaired) electrons. The summed E-state index contributed by atoms with van der Waals surface area (Å²) in [5.74, 6) is 1.01. The number of nitrogens with zero attached hydrogens (tertiary/aromatic N) is 1. The lowest BCUT2D eigenvalue weighted by molar-refractivity contribution is 0.235. The second kappa shape index (κ2) is 5.52. The summed E-state index contributed by atoms with van der Waals surface area (Å²) in [6, 6.07) is 6.68. The first-order chi connectivity index (χ1) is 8.15. The number of benzene rings is 1. The van der Waals surface area contributed by atoms with Crippen molar-refractivity contribution in [1.29, 1.82) is 0 Å². The van der Waals surface area contributed by atoms with Crippen molar-refractivity contribution in [2.24, 2.45) is 5.73 Å². The standard InChI is InChI=1S/C14H22N2O/c1-11-3-4-12(2)14(9-11)17-8-7-16-6-5-13(15)10-16/h3-4,9,13H,5-8,10,15H2,1-2H3. The van der Waals surface area contributed by atoms with Crippen LogP contribution in [0.2, 0.25) is 0 Å². The predicted molar refractivity (Wildman–Crippen MR) is 70.4 cm³/mol. The highest BCUT2D eigenvalue weighted by atomic mass is 16.5. The fourth-order valence-corrected chi connectivity index (χ4v) is 2.21. The van der Waals surface area contributed by atoms with Gasteiger partial charge >= 0.3 is 0 Å². The van der Waals surface area contributed by atoms with E-state index in [0.29, 0.717) is 6.04 Å². The van der Waals surface area contributed by atoms with Gasteiger partial charge in [-0.3, -0.25) is 4.90 Å². The van der Waals surface area contributed by atoms with E-state index in [0.717, 1.165) is 38.4 Å². The van der Waals surface area contributed by atoms with E-state index in [9.17, 15) is 0 Å². The van der Waals surface area contributed by atoms with Crippen LogP contribution in [-0.4, -0.2) is 37.2 Å². The SMILES string of the molecule is Cc1ccc(C)c(OCCN2CCC(N)C2)c1. The molecule has 1 heterocycles. The van der Waals surface area contributed by atoms with Gasteiger partial charge in [-0.25, -0.2) is 0 Å². The van der Waals surface area contributed by atoms with Crippen LogP contribution in [0.5, 0.6) is 5.75 Å². The van der Waals surface area contributed by atoms with E-state index >= 15 is 0 Å². The van der Waals surface area contributed by atoms with E-state index in [4.69, 9.17) is 10.5 Å². The van der Waals surface area contributed by atoms with Crippen molar-refractivity contribution < 1.29 is 4.74 Å². The number of hydrogen-bond acceptors (Lipinski definition) is 3. The van der Waals surface area contributed by atoms with E-state index < -0.39 is 0 Å². The smallest absolute Gasteiger partial charge is 0.122 e. The van der Waals surface area contributed by atoms with Crippen molar-refractivity contribution in [1.82, 2.24) is 4.90 Å². The molecular weight excluding hydrogens is 212 g/mol. The topological polar surface area (TPSA) is 38.5 Å². The minimum Gasteiger partial charge on any atom is -0.492 e. The van der Waals surface area contributed by atoms with Crippen molar-refractivity contribution in [2.45, 2.75) is 26.3 Å². The van der Waals surface area contributed by atoms with Gasteiger partial charge in [0.25, 0.3) is 0 Å². The third kappa shape index (κ3) is 3.45. The van der Waals surface area contributed by atoms with Gasteiger partial charge in [-0.15, -0.1) is 0 Å². The summed E-state index contributed by atoms with van der Waals surface area (Å²) < 4.78 is 5.83. The minimum atomic E-state index is 0.357. The van der Waals surface area contributed by atoms with E-state index in [2.05, 4.69) is 36.9 Å². The average Bonchev–Trinajstić information content (AvgIpc) is 2.69. The van der Waals surface area contributed by atoms with Crippen LogP contribution < -0.4 is 10.5 Å². The quantitative estimate of drug-likeness (QED) is 0.862. The first-order valence-corrected chi connectivity index (χ1v) is 6.33. The van der Waals surface area contributed by atoms with Crippen LogP contribution in [0.15, 0.2) is 18.2 Å². The summed E-state index contributed by atoms with van der Waals surface area (Å²) in [7, 11) is 0. The summed E-state index contributed by atoms with van der Waals surface area (Å²) in [5.41, 5.74) is 8.32. The van der Waals surface area contributed by atoms with Crippen LogP contribution in [0.25, 0.3) is 0 Å². The zero-order valence-corrected chi connectivity index (χ0v) is 10.8. The summed E-state index contributed by atoms with van der Waals surface area (Å²) in [4.78, 5) is 2.37. The second-order valence-electron chi connectivity index (χ2n) is 4.97. The highest BCUT2D eigenvalue weighted by Gasteiger charge is 2.18. The zero-order valence-electron chi connectivity index (χ0n) is 10.8. The summed E-state index contributed by atoms with van der Waals surface area (Å²) in [6.45, 7) is 8.01. The molecule has 3 nitrogen and oxygen atoms in total. The van der Waals surface area contributed by atoms with Crippen LogP contribution >= 0.6 is 0 Å². The number of rotatable bonds is 4. The molecule has 1 atom stereocenters. The number of nitrogens with two attached hydrogens (primary N) is 1. The molecule has 1 aliphatic rings. The lowest BCUT2D eigenvalue weighted by atomic mass is 10.1. The number of likely N-dealkylation sites (tertiary alicyclic amines) is 1. The van der Waals surface area contributed by atoms with Crippen LogP contribution in [0.4, 0.5) is 0 Å². The van der Waals surface area contributed by atoms with Crippen molar-refractivity contribution in [2.75, 3.05) is 26.2 Å². The van der Waals surface area contributed by atoms with E-state index in [-0.39, 0.29) is 0 Å². The van der Waals surface area contributed by atoms with Crippen molar-refractivity contribution in [3.05, 3.63) is 29.3 Å². The molecule has 0 bridgehead atoms. The van der Waals surface area contributed by atoms with Gasteiger partial charge in [0.1, 0.15) is 12.4 Å². The van der Waals surface area contributed by atoms with Gasteiger partial charge in [0, 0.05) is 19.1 Å². The Hall–Kier alpha value is -1.06. The molecule has 0 saturated carbocycles. The van der Waals surface area contributed by atoms with Gasteiger partial charge in [0.05, 0.1) is 0 Å². The monoisotopic (exact) mass is 234 g/mol. The van der Waals surface area contributed by atoms with E-state index in [1.165, 1.54) is 11.1 Å². The fraction of sp³-hybridized carbons (Fsp3) is 0.571. The molecule has 0 spiro atoms. The summed E-state index contributed by atoms with van der Waals surface area (Å²) >= 11 is 0. The Morgan fingerprint density at radius 1 is 1.41 bits per heavy atom. The normalized spacial score (nSPS) is 20.8. The summed E-state index contributed by atoms with van der Waals surface area (Å²) in [6.07, 6.45) is 1.11. The minimum absolute atomic E-state index is 0.357. The van der Waals surface area contributed by atoms with E-state index in [1.807, 2.05) is 0 Å². The molecule has 0 aliphatic carbocycles. The number of aryl methyl sites for hydroxylation is 2. The molecule has 1 unspecified atom stereocenters. The van der Waals surface area contributed by atoms with Gasteiger partial charge in [-0.1, -0.05) is 12.1 Å². The average molecular weight is 234 g/mol. The Labute approximate surface area is 104 Å². The molecule has 3 heteroatoms. The lowest BCUT2D eigenvalue weighted by Crippen LogP contribution is -2.29. The zero-order chi connectivity index (χ0) is 12.3. The van der Waals surface area contributed by atoms with Crippen LogP contribution in [0, 0.1) is 13.8 Å². The second-order valence-corrected chi connectivity index (χ2v) is 4.97. The first-order valence-electron chi connectivity index (χ1n) is 6.33. The highest BCUT2D eigenvalue weighted by molar-refractivity contribution is 5.35. The Morgan fingerprint density at radius 3 is 2.94 bits per heavy atom. The van der Waals surface area contributed by atoms with Gasteiger partial charge < -0.3 is 10.5 Å². The lowest BCUT2D eigenvalue weighted by Gasteiger charge is -2.16. The predicted octanol–water partition coefficient (Wildman–Crippen LogP) is 1.72. The number of hydrogen-bond donors (Lipinski definition) is 1. The summed E-state index contributed by atoms with van der Waals surface area (Å²) in [5, 5.41) is 0. The third-order valence-electron chi connectivity index (χ3n) is 3.32.